The summed E-state index contributed by atoms with van der Waals surface area (Å²) in [6.07, 6.45) is 2.19. The van der Waals surface area contributed by atoms with E-state index in [-0.39, 0.29) is 6.04 Å². The first-order chi connectivity index (χ1) is 11.2. The summed E-state index contributed by atoms with van der Waals surface area (Å²) in [5.41, 5.74) is 9.60. The maximum absolute atomic E-state index is 3.71. The monoisotopic (exact) mass is 304 g/mol. The van der Waals surface area contributed by atoms with Gasteiger partial charge in [-0.25, -0.2) is 0 Å². The molecular formula is C21H24N2. The number of fused-ring (bicyclic) bond motifs is 3. The summed E-state index contributed by atoms with van der Waals surface area (Å²) in [6, 6.07) is 13.9. The van der Waals surface area contributed by atoms with E-state index < -0.39 is 0 Å². The Kier molecular flexibility index (Phi) is 3.50. The van der Waals surface area contributed by atoms with Crippen LogP contribution in [0.1, 0.15) is 46.5 Å². The molecule has 1 atom stereocenters. The summed E-state index contributed by atoms with van der Waals surface area (Å²) in [4.78, 5) is 3.71. The zero-order valence-electron chi connectivity index (χ0n) is 14.2. The maximum Gasteiger partial charge on any atom is 0.0732 e. The topological polar surface area (TPSA) is 27.8 Å². The fourth-order valence-corrected chi connectivity index (χ4v) is 4.00. The van der Waals surface area contributed by atoms with Crippen LogP contribution in [0.15, 0.2) is 36.4 Å². The Hall–Kier alpha value is -2.06. The molecule has 2 aromatic carbocycles. The van der Waals surface area contributed by atoms with Gasteiger partial charge in [-0.2, -0.15) is 0 Å². The zero-order chi connectivity index (χ0) is 16.0. The predicted molar refractivity (Wildman–Crippen MR) is 97.1 cm³/mol. The smallest absolute Gasteiger partial charge is 0.0732 e. The van der Waals surface area contributed by atoms with Crippen molar-refractivity contribution >= 4 is 10.9 Å². The highest BCUT2D eigenvalue weighted by Crippen LogP contribution is 2.35. The Morgan fingerprint density at radius 2 is 1.87 bits per heavy atom. The molecule has 1 aromatic heterocycles. The second-order valence-corrected chi connectivity index (χ2v) is 6.75. The molecule has 0 spiro atoms. The third kappa shape index (κ3) is 2.38. The van der Waals surface area contributed by atoms with Gasteiger partial charge in [0.2, 0.25) is 0 Å². The van der Waals surface area contributed by atoms with Crippen molar-refractivity contribution in [3.8, 4) is 0 Å². The Balaban J connectivity index is 1.86. The minimum atomic E-state index is 0.275. The molecule has 1 unspecified atom stereocenters. The van der Waals surface area contributed by atoms with Crippen LogP contribution in [-0.4, -0.2) is 11.5 Å². The van der Waals surface area contributed by atoms with E-state index in [0.29, 0.717) is 0 Å². The Bertz CT molecular complexity index is 856. The van der Waals surface area contributed by atoms with E-state index in [1.54, 1.807) is 0 Å². The molecule has 1 aliphatic heterocycles. The second-order valence-electron chi connectivity index (χ2n) is 6.75. The van der Waals surface area contributed by atoms with Crippen LogP contribution in [0.3, 0.4) is 0 Å². The summed E-state index contributed by atoms with van der Waals surface area (Å²) in [6.45, 7) is 7.64. The summed E-state index contributed by atoms with van der Waals surface area (Å²) >= 11 is 0. The molecular weight excluding hydrogens is 280 g/mol. The minimum Gasteiger partial charge on any atom is -0.357 e. The lowest BCUT2D eigenvalue weighted by Gasteiger charge is -2.25. The highest BCUT2D eigenvalue weighted by molar-refractivity contribution is 5.89. The van der Waals surface area contributed by atoms with Crippen molar-refractivity contribution in [3.05, 3.63) is 69.9 Å². The van der Waals surface area contributed by atoms with Crippen LogP contribution in [-0.2, 0) is 12.8 Å². The van der Waals surface area contributed by atoms with Crippen molar-refractivity contribution in [1.82, 2.24) is 10.3 Å². The number of aryl methyl sites for hydroxylation is 3. The van der Waals surface area contributed by atoms with E-state index in [4.69, 9.17) is 0 Å². The standard InChI is InChI=1S/C21H24N2/c1-4-15-5-7-16(8-6-15)20-21-17(9-10-22-20)19-14(3)11-13(2)12-18(19)23-21/h5-8,11-12,20,22-23H,4,9-10H2,1-3H3. The maximum atomic E-state index is 3.71. The van der Waals surface area contributed by atoms with Crippen LogP contribution >= 0.6 is 0 Å². The molecule has 1 aliphatic rings. The van der Waals surface area contributed by atoms with Crippen molar-refractivity contribution in [2.45, 2.75) is 39.7 Å². The summed E-state index contributed by atoms with van der Waals surface area (Å²) < 4.78 is 0. The van der Waals surface area contributed by atoms with E-state index in [1.807, 2.05) is 0 Å². The number of rotatable bonds is 2. The first-order valence-corrected chi connectivity index (χ1v) is 8.61. The lowest BCUT2D eigenvalue weighted by molar-refractivity contribution is 0.560. The van der Waals surface area contributed by atoms with Crippen LogP contribution in [0, 0.1) is 13.8 Å². The molecule has 23 heavy (non-hydrogen) atoms. The zero-order valence-corrected chi connectivity index (χ0v) is 14.2. The van der Waals surface area contributed by atoms with Gasteiger partial charge in [-0.3, -0.25) is 0 Å². The van der Waals surface area contributed by atoms with Crippen molar-refractivity contribution in [2.24, 2.45) is 0 Å². The van der Waals surface area contributed by atoms with Crippen LogP contribution in [0.25, 0.3) is 10.9 Å². The molecule has 0 fully saturated rings. The molecule has 0 saturated heterocycles. The van der Waals surface area contributed by atoms with Gasteiger partial charge in [-0.05, 0) is 60.6 Å². The molecule has 2 heteroatoms. The lowest BCUT2D eigenvalue weighted by atomic mass is 9.92. The quantitative estimate of drug-likeness (QED) is 0.712. The van der Waals surface area contributed by atoms with Crippen molar-refractivity contribution < 1.29 is 0 Å². The number of hydrogen-bond donors (Lipinski definition) is 2. The van der Waals surface area contributed by atoms with E-state index in [9.17, 15) is 0 Å². The minimum absolute atomic E-state index is 0.275. The van der Waals surface area contributed by atoms with Crippen molar-refractivity contribution in [3.63, 3.8) is 0 Å². The number of hydrogen-bond acceptors (Lipinski definition) is 1. The normalized spacial score (nSPS) is 17.4. The third-order valence-corrected chi connectivity index (χ3v) is 5.11. The molecule has 0 saturated carbocycles. The first-order valence-electron chi connectivity index (χ1n) is 8.61. The van der Waals surface area contributed by atoms with Crippen molar-refractivity contribution in [2.75, 3.05) is 6.54 Å². The number of nitrogens with one attached hydrogen (secondary N) is 2. The fourth-order valence-electron chi connectivity index (χ4n) is 4.00. The van der Waals surface area contributed by atoms with Crippen LogP contribution in [0.5, 0.6) is 0 Å². The number of benzene rings is 2. The molecule has 4 rings (SSSR count). The van der Waals surface area contributed by atoms with Gasteiger partial charge in [0.1, 0.15) is 0 Å². The van der Waals surface area contributed by atoms with Gasteiger partial charge in [0.25, 0.3) is 0 Å². The molecule has 118 valence electrons. The average Bonchev–Trinajstić information content (AvgIpc) is 2.93. The largest absolute Gasteiger partial charge is 0.357 e. The van der Waals surface area contributed by atoms with Gasteiger partial charge < -0.3 is 10.3 Å². The van der Waals surface area contributed by atoms with E-state index in [1.165, 1.54) is 44.4 Å². The highest BCUT2D eigenvalue weighted by atomic mass is 15.0. The van der Waals surface area contributed by atoms with E-state index >= 15 is 0 Å². The molecule has 2 heterocycles. The van der Waals surface area contributed by atoms with Crippen molar-refractivity contribution in [1.29, 1.82) is 0 Å². The van der Waals surface area contributed by atoms with Gasteiger partial charge in [0.15, 0.2) is 0 Å². The Morgan fingerprint density at radius 1 is 1.09 bits per heavy atom. The van der Waals surface area contributed by atoms with E-state index in [2.05, 4.69) is 67.5 Å². The lowest BCUT2D eigenvalue weighted by Crippen LogP contribution is -2.30. The molecule has 2 nitrogen and oxygen atoms in total. The molecule has 0 amide bonds. The summed E-state index contributed by atoms with van der Waals surface area (Å²) in [5.74, 6) is 0. The Morgan fingerprint density at radius 3 is 2.61 bits per heavy atom. The average molecular weight is 304 g/mol. The summed E-state index contributed by atoms with van der Waals surface area (Å²) in [5, 5.41) is 5.13. The second kappa shape index (κ2) is 5.54. The van der Waals surface area contributed by atoms with Gasteiger partial charge in [-0.15, -0.1) is 0 Å². The van der Waals surface area contributed by atoms with Gasteiger partial charge >= 0.3 is 0 Å². The van der Waals surface area contributed by atoms with E-state index in [0.717, 1.165) is 19.4 Å². The Labute approximate surface area is 137 Å². The van der Waals surface area contributed by atoms with Crippen LogP contribution < -0.4 is 5.32 Å². The number of aromatic amines is 1. The van der Waals surface area contributed by atoms with Crippen LogP contribution in [0.2, 0.25) is 0 Å². The molecule has 2 N–H and O–H groups in total. The van der Waals surface area contributed by atoms with Gasteiger partial charge in [0, 0.05) is 23.1 Å². The van der Waals surface area contributed by atoms with Gasteiger partial charge in [0.05, 0.1) is 6.04 Å². The molecule has 0 bridgehead atoms. The SMILES string of the molecule is CCc1ccc(C2NCCc3c2[nH]c2cc(C)cc(C)c32)cc1. The molecule has 0 aliphatic carbocycles. The van der Waals surface area contributed by atoms with Gasteiger partial charge in [-0.1, -0.05) is 37.3 Å². The summed E-state index contributed by atoms with van der Waals surface area (Å²) in [7, 11) is 0. The third-order valence-electron chi connectivity index (χ3n) is 5.11. The first kappa shape index (κ1) is 14.5. The molecule has 0 radical (unpaired) electrons. The number of aromatic nitrogens is 1. The number of H-pyrrole nitrogens is 1. The fraction of sp³-hybridized carbons (Fsp3) is 0.333. The predicted octanol–water partition coefficient (Wildman–Crippen LogP) is 4.58. The molecule has 3 aromatic rings. The highest BCUT2D eigenvalue weighted by Gasteiger charge is 2.25. The van der Waals surface area contributed by atoms with Crippen LogP contribution in [0.4, 0.5) is 0 Å².